The molecule has 0 unspecified atom stereocenters. The Balaban J connectivity index is 1.57. The first kappa shape index (κ1) is 25.9. The van der Waals surface area contributed by atoms with Crippen molar-refractivity contribution in [3.63, 3.8) is 0 Å². The Morgan fingerprint density at radius 2 is 1.63 bits per heavy atom. The molecule has 3 rings (SSSR count). The van der Waals surface area contributed by atoms with Gasteiger partial charge < -0.3 is 20.2 Å². The number of amides is 3. The predicted molar refractivity (Wildman–Crippen MR) is 122 cm³/mol. The first-order valence-corrected chi connectivity index (χ1v) is 10.8. The minimum absolute atomic E-state index is 0.271. The smallest absolute Gasteiger partial charge is 0.391 e. The number of aliphatic hydroxyl groups excluding tert-OH is 1. The second kappa shape index (κ2) is 11.1. The molecule has 1 saturated heterocycles. The first-order valence-electron chi connectivity index (χ1n) is 10.8. The van der Waals surface area contributed by atoms with E-state index in [0.29, 0.717) is 31.7 Å². The van der Waals surface area contributed by atoms with Gasteiger partial charge in [-0.1, -0.05) is 17.9 Å². The highest BCUT2D eigenvalue weighted by Crippen LogP contribution is 2.29. The van der Waals surface area contributed by atoms with Crippen molar-refractivity contribution in [1.29, 1.82) is 0 Å². The van der Waals surface area contributed by atoms with E-state index in [2.05, 4.69) is 22.1 Å². The van der Waals surface area contributed by atoms with Crippen LogP contribution in [-0.2, 0) is 11.0 Å². The maximum absolute atomic E-state index is 12.8. The summed E-state index contributed by atoms with van der Waals surface area (Å²) in [4.78, 5) is 27.6. The van der Waals surface area contributed by atoms with Crippen molar-refractivity contribution >= 4 is 17.6 Å². The lowest BCUT2D eigenvalue weighted by Crippen LogP contribution is -2.58. The fourth-order valence-electron chi connectivity index (χ4n) is 3.54. The second-order valence-corrected chi connectivity index (χ2v) is 7.99. The molecule has 0 aromatic heterocycles. The maximum Gasteiger partial charge on any atom is 0.416 e. The number of nitrogens with zero attached hydrogens (tertiary/aromatic N) is 2. The van der Waals surface area contributed by atoms with Gasteiger partial charge in [0.1, 0.15) is 6.04 Å². The number of anilines is 1. The van der Waals surface area contributed by atoms with Crippen LogP contribution in [0.15, 0.2) is 48.5 Å². The van der Waals surface area contributed by atoms with Crippen molar-refractivity contribution in [1.82, 2.24) is 15.7 Å². The molecule has 11 heteroatoms. The molecule has 0 saturated carbocycles. The maximum atomic E-state index is 12.8. The molecule has 0 aliphatic carbocycles. The molecule has 0 radical (unpaired) electrons. The average molecular weight is 490 g/mol. The number of hydrogen-bond acceptors (Lipinski definition) is 5. The van der Waals surface area contributed by atoms with Crippen molar-refractivity contribution in [2.24, 2.45) is 0 Å². The summed E-state index contributed by atoms with van der Waals surface area (Å²) >= 11 is 0. The molecule has 2 atom stereocenters. The number of hydroxylamine groups is 1. The molecular formula is C24H25F3N4O4. The number of aliphatic hydroxyl groups is 1. The lowest BCUT2D eigenvalue weighted by atomic mass is 10.1. The quantitative estimate of drug-likeness (QED) is 0.299. The molecule has 4 N–H and O–H groups in total. The third kappa shape index (κ3) is 6.88. The fourth-order valence-corrected chi connectivity index (χ4v) is 3.54. The molecule has 2 aromatic carbocycles. The molecule has 0 bridgehead atoms. The van der Waals surface area contributed by atoms with Crippen LogP contribution in [0.5, 0.6) is 0 Å². The van der Waals surface area contributed by atoms with Crippen molar-refractivity contribution in [3.8, 4) is 11.8 Å². The van der Waals surface area contributed by atoms with Crippen molar-refractivity contribution in [2.45, 2.75) is 25.2 Å². The zero-order chi connectivity index (χ0) is 25.6. The third-order valence-corrected chi connectivity index (χ3v) is 5.49. The number of piperazine rings is 1. The van der Waals surface area contributed by atoms with E-state index < -0.39 is 35.8 Å². The minimum atomic E-state index is -4.42. The summed E-state index contributed by atoms with van der Waals surface area (Å²) < 4.78 is 38.5. The Labute approximate surface area is 200 Å². The summed E-state index contributed by atoms with van der Waals surface area (Å²) in [6.07, 6.45) is -5.61. The van der Waals surface area contributed by atoms with Crippen LogP contribution < -0.4 is 15.7 Å². The number of urea groups is 1. The van der Waals surface area contributed by atoms with E-state index in [1.165, 1.54) is 29.4 Å². The van der Waals surface area contributed by atoms with Gasteiger partial charge in [0.05, 0.1) is 11.7 Å². The number of rotatable bonds is 4. The molecule has 2 aromatic rings. The predicted octanol–water partition coefficient (Wildman–Crippen LogP) is 2.19. The van der Waals surface area contributed by atoms with Gasteiger partial charge in [-0.3, -0.25) is 10.0 Å². The Kier molecular flexibility index (Phi) is 8.22. The summed E-state index contributed by atoms with van der Waals surface area (Å²) in [5.41, 5.74) is 2.49. The van der Waals surface area contributed by atoms with Crippen LogP contribution in [0, 0.1) is 11.8 Å². The van der Waals surface area contributed by atoms with Crippen molar-refractivity contribution in [3.05, 3.63) is 65.2 Å². The van der Waals surface area contributed by atoms with Crippen LogP contribution in [0.2, 0.25) is 0 Å². The largest absolute Gasteiger partial charge is 0.416 e. The molecule has 1 aliphatic rings. The third-order valence-electron chi connectivity index (χ3n) is 5.49. The van der Waals surface area contributed by atoms with Crippen LogP contribution in [0.4, 0.5) is 23.7 Å². The highest BCUT2D eigenvalue weighted by Gasteiger charge is 2.30. The van der Waals surface area contributed by atoms with Gasteiger partial charge in [0.2, 0.25) is 0 Å². The van der Waals surface area contributed by atoms with Crippen LogP contribution in [-0.4, -0.2) is 65.5 Å². The van der Waals surface area contributed by atoms with Gasteiger partial charge in [-0.05, 0) is 49.4 Å². The van der Waals surface area contributed by atoms with E-state index in [0.717, 1.165) is 17.8 Å². The minimum Gasteiger partial charge on any atom is -0.391 e. The molecule has 3 amide bonds. The number of carbonyl (C=O) groups excluding carboxylic acids is 2. The van der Waals surface area contributed by atoms with Gasteiger partial charge in [-0.2, -0.15) is 13.2 Å². The fraction of sp³-hybridized carbons (Fsp3) is 0.333. The summed E-state index contributed by atoms with van der Waals surface area (Å²) in [5, 5.41) is 20.8. The molecular weight excluding hydrogens is 465 g/mol. The lowest BCUT2D eigenvalue weighted by Gasteiger charge is -2.36. The van der Waals surface area contributed by atoms with Gasteiger partial charge in [0.15, 0.2) is 0 Å². The number of carbonyl (C=O) groups is 2. The monoisotopic (exact) mass is 490 g/mol. The normalized spacial score (nSPS) is 15.5. The zero-order valence-corrected chi connectivity index (χ0v) is 18.8. The van der Waals surface area contributed by atoms with Gasteiger partial charge in [-0.25, -0.2) is 10.3 Å². The van der Waals surface area contributed by atoms with Gasteiger partial charge in [0, 0.05) is 43.0 Å². The highest BCUT2D eigenvalue weighted by atomic mass is 19.4. The van der Waals surface area contributed by atoms with E-state index in [-0.39, 0.29) is 5.56 Å². The van der Waals surface area contributed by atoms with Crippen molar-refractivity contribution < 1.29 is 33.1 Å². The Morgan fingerprint density at radius 3 is 2.20 bits per heavy atom. The van der Waals surface area contributed by atoms with Crippen molar-refractivity contribution in [2.75, 3.05) is 31.1 Å². The summed E-state index contributed by atoms with van der Waals surface area (Å²) in [6, 6.07) is 10.3. The van der Waals surface area contributed by atoms with Crippen LogP contribution in [0.25, 0.3) is 0 Å². The summed E-state index contributed by atoms with van der Waals surface area (Å²) in [6.45, 7) is 3.11. The molecule has 0 spiro atoms. The second-order valence-electron chi connectivity index (χ2n) is 7.99. The van der Waals surface area contributed by atoms with Gasteiger partial charge >= 0.3 is 12.2 Å². The zero-order valence-electron chi connectivity index (χ0n) is 18.8. The Morgan fingerprint density at radius 1 is 1.00 bits per heavy atom. The molecule has 1 fully saturated rings. The van der Waals surface area contributed by atoms with E-state index in [4.69, 9.17) is 5.21 Å². The van der Waals surface area contributed by atoms with E-state index in [1.54, 1.807) is 12.1 Å². The number of hydrogen-bond donors (Lipinski definition) is 4. The standard InChI is InChI=1S/C24H25F3N4O4/c1-16(32)21(22(33)29-35)28-23(34)31-13-11-30(12-14-31)20-9-7-17(8-10-20)5-6-18-3-2-4-19(15-18)24(25,26)27/h2-4,7-10,15-16,21,32,35H,11-14H2,1H3,(H,28,34)(H,29,33)/t16-,21+/m1/s1. The van der Waals surface area contributed by atoms with E-state index in [1.807, 2.05) is 12.1 Å². The Hall–Kier alpha value is -3.75. The molecule has 35 heavy (non-hydrogen) atoms. The Bertz CT molecular complexity index is 1100. The topological polar surface area (TPSA) is 105 Å². The van der Waals surface area contributed by atoms with E-state index >= 15 is 0 Å². The highest BCUT2D eigenvalue weighted by molar-refractivity contribution is 5.87. The lowest BCUT2D eigenvalue weighted by molar-refractivity contribution is -0.137. The number of halogens is 3. The SMILES string of the molecule is C[C@@H](O)[C@H](NC(=O)N1CCN(c2ccc(C#Cc3cccc(C(F)(F)F)c3)cc2)CC1)C(=O)NO. The van der Waals surface area contributed by atoms with E-state index in [9.17, 15) is 27.9 Å². The van der Waals surface area contributed by atoms with Crippen LogP contribution in [0.3, 0.4) is 0 Å². The molecule has 186 valence electrons. The molecule has 1 aliphatic heterocycles. The molecule has 8 nitrogen and oxygen atoms in total. The summed E-state index contributed by atoms with van der Waals surface area (Å²) in [5.74, 6) is 4.70. The molecule has 1 heterocycles. The average Bonchev–Trinajstić information content (AvgIpc) is 2.85. The summed E-state index contributed by atoms with van der Waals surface area (Å²) in [7, 11) is 0. The number of nitrogens with one attached hydrogen (secondary N) is 2. The van der Waals surface area contributed by atoms with Crippen LogP contribution >= 0.6 is 0 Å². The number of alkyl halides is 3. The van der Waals surface area contributed by atoms with Crippen LogP contribution in [0.1, 0.15) is 23.6 Å². The van der Waals surface area contributed by atoms with Gasteiger partial charge in [0.25, 0.3) is 5.91 Å². The van der Waals surface area contributed by atoms with Gasteiger partial charge in [-0.15, -0.1) is 0 Å². The first-order chi connectivity index (χ1) is 16.6. The number of benzene rings is 2.